The van der Waals surface area contributed by atoms with Crippen molar-refractivity contribution in [2.75, 3.05) is 0 Å². The van der Waals surface area contributed by atoms with Crippen LogP contribution in [0, 0.1) is 0 Å². The Balaban J connectivity index is 0.000000252. The van der Waals surface area contributed by atoms with Crippen LogP contribution in [0.3, 0.4) is 0 Å². The molecule has 1 N–H and O–H groups in total. The lowest BCUT2D eigenvalue weighted by molar-refractivity contribution is 0.501. The Kier molecular flexibility index (Phi) is 5.70. The topological polar surface area (TPSA) is 54.4 Å². The van der Waals surface area contributed by atoms with Gasteiger partial charge in [0.1, 0.15) is 0 Å². The summed E-state index contributed by atoms with van der Waals surface area (Å²) in [6.45, 7) is 2.16. The molecule has 0 fully saturated rings. The van der Waals surface area contributed by atoms with Crippen LogP contribution in [0.5, 0.6) is 0 Å². The molecule has 0 aliphatic carbocycles. The zero-order chi connectivity index (χ0) is 10.3. The van der Waals surface area contributed by atoms with E-state index in [9.17, 15) is 0 Å². The van der Waals surface area contributed by atoms with E-state index in [0.717, 1.165) is 6.42 Å². The van der Waals surface area contributed by atoms with Crippen molar-refractivity contribution in [3.63, 3.8) is 0 Å². The van der Waals surface area contributed by atoms with Gasteiger partial charge in [-0.2, -0.15) is 8.42 Å². The molecule has 0 spiro atoms. The van der Waals surface area contributed by atoms with Crippen LogP contribution in [0.4, 0.5) is 0 Å². The van der Waals surface area contributed by atoms with Gasteiger partial charge in [-0.25, -0.2) is 0 Å². The van der Waals surface area contributed by atoms with Crippen LogP contribution in [-0.4, -0.2) is 13.0 Å². The summed E-state index contributed by atoms with van der Waals surface area (Å²) in [6, 6.07) is 10.5. The maximum absolute atomic E-state index is 8.95. The molecule has 0 saturated carbocycles. The van der Waals surface area contributed by atoms with E-state index in [1.165, 1.54) is 5.56 Å². The van der Waals surface area contributed by atoms with Crippen molar-refractivity contribution in [1.82, 2.24) is 0 Å². The first-order valence-corrected chi connectivity index (χ1v) is 5.91. The summed E-state index contributed by atoms with van der Waals surface area (Å²) >= 11 is 0. The fourth-order valence-corrected chi connectivity index (χ4v) is 0.714. The average Bonchev–Trinajstić information content (AvgIpc) is 2.03. The van der Waals surface area contributed by atoms with Gasteiger partial charge in [0.2, 0.25) is 0 Å². The molecular weight excluding hydrogens is 212 g/mol. The molecule has 0 radical (unpaired) electrons. The Morgan fingerprint density at radius 3 is 1.92 bits per heavy atom. The Labute approximate surface area is 82.6 Å². The second kappa shape index (κ2) is 5.96. The second-order valence-corrected chi connectivity index (χ2v) is 4.25. The molecule has 0 amide bonds. The first kappa shape index (κ1) is 12.4. The van der Waals surface area contributed by atoms with Crippen LogP contribution in [-0.2, 0) is 15.8 Å². The van der Waals surface area contributed by atoms with E-state index < -0.39 is 9.33 Å². The highest BCUT2D eigenvalue weighted by Gasteiger charge is 1.86. The number of benzene rings is 1. The quantitative estimate of drug-likeness (QED) is 0.586. The molecular formula is C8H11ClO3S. The van der Waals surface area contributed by atoms with Gasteiger partial charge in [-0.05, 0) is 12.0 Å². The monoisotopic (exact) mass is 222 g/mol. The van der Waals surface area contributed by atoms with Crippen molar-refractivity contribution in [2.45, 2.75) is 13.3 Å². The minimum Gasteiger partial charge on any atom is -0.273 e. The van der Waals surface area contributed by atoms with Crippen molar-refractivity contribution in [1.29, 1.82) is 0 Å². The van der Waals surface area contributed by atoms with Crippen molar-refractivity contribution in [3.8, 4) is 0 Å². The Morgan fingerprint density at radius 2 is 1.69 bits per heavy atom. The Bertz CT molecular complexity index is 313. The second-order valence-electron chi connectivity index (χ2n) is 2.25. The Hall–Kier alpha value is -0.580. The molecule has 0 bridgehead atoms. The minimum atomic E-state index is -4.19. The van der Waals surface area contributed by atoms with Crippen LogP contribution in [0.1, 0.15) is 12.5 Å². The third kappa shape index (κ3) is 11.4. The number of rotatable bonds is 1. The fourth-order valence-electron chi connectivity index (χ4n) is 0.714. The van der Waals surface area contributed by atoms with Crippen molar-refractivity contribution < 1.29 is 13.0 Å². The lowest BCUT2D eigenvalue weighted by atomic mass is 10.2. The van der Waals surface area contributed by atoms with Crippen molar-refractivity contribution >= 4 is 20.0 Å². The molecule has 74 valence electrons. The highest BCUT2D eigenvalue weighted by molar-refractivity contribution is 8.09. The summed E-state index contributed by atoms with van der Waals surface area (Å²) in [5.41, 5.74) is 1.41. The predicted octanol–water partition coefficient (Wildman–Crippen LogP) is 2.28. The molecule has 0 aliphatic heterocycles. The van der Waals surface area contributed by atoms with Crippen molar-refractivity contribution in [2.24, 2.45) is 0 Å². The van der Waals surface area contributed by atoms with Gasteiger partial charge < -0.3 is 0 Å². The van der Waals surface area contributed by atoms with Crippen LogP contribution in [0.15, 0.2) is 30.3 Å². The maximum Gasteiger partial charge on any atom is 0.353 e. The third-order valence-corrected chi connectivity index (χ3v) is 1.25. The van der Waals surface area contributed by atoms with Gasteiger partial charge in [-0.15, -0.1) is 0 Å². The lowest BCUT2D eigenvalue weighted by Gasteiger charge is -1.89. The van der Waals surface area contributed by atoms with E-state index in [2.05, 4.69) is 41.9 Å². The molecule has 5 heteroatoms. The molecule has 1 rings (SSSR count). The van der Waals surface area contributed by atoms with Gasteiger partial charge in [-0.3, -0.25) is 4.55 Å². The van der Waals surface area contributed by atoms with Gasteiger partial charge in [0.05, 0.1) is 0 Å². The summed E-state index contributed by atoms with van der Waals surface area (Å²) in [7, 11) is -0.137. The highest BCUT2D eigenvalue weighted by atomic mass is 35.7. The van der Waals surface area contributed by atoms with Gasteiger partial charge >= 0.3 is 9.33 Å². The molecule has 0 heterocycles. The standard InChI is InChI=1S/C8H10.ClHO3S/c1-2-8-6-4-3-5-7-8;1-5(2,3)4/h3-7H,2H2,1H3;(H,2,3,4). The highest BCUT2D eigenvalue weighted by Crippen LogP contribution is 1.96. The zero-order valence-electron chi connectivity index (χ0n) is 7.14. The smallest absolute Gasteiger partial charge is 0.273 e. The molecule has 1 aromatic rings. The molecule has 13 heavy (non-hydrogen) atoms. The van der Waals surface area contributed by atoms with E-state index >= 15 is 0 Å². The number of hydrogen-bond donors (Lipinski definition) is 1. The van der Waals surface area contributed by atoms with Gasteiger partial charge in [0, 0.05) is 10.7 Å². The van der Waals surface area contributed by atoms with Crippen molar-refractivity contribution in [3.05, 3.63) is 35.9 Å². The molecule has 0 aromatic heterocycles. The fraction of sp³-hybridized carbons (Fsp3) is 0.250. The van der Waals surface area contributed by atoms with Gasteiger partial charge in [-0.1, -0.05) is 37.3 Å². The molecule has 3 nitrogen and oxygen atoms in total. The number of hydrogen-bond acceptors (Lipinski definition) is 2. The van der Waals surface area contributed by atoms with E-state index in [-0.39, 0.29) is 0 Å². The summed E-state index contributed by atoms with van der Waals surface area (Å²) in [6.07, 6.45) is 1.14. The van der Waals surface area contributed by atoms with Gasteiger partial charge in [0.25, 0.3) is 0 Å². The predicted molar refractivity (Wildman–Crippen MR) is 53.2 cm³/mol. The van der Waals surface area contributed by atoms with E-state index in [0.29, 0.717) is 0 Å². The number of aryl methyl sites for hydroxylation is 1. The molecule has 0 saturated heterocycles. The summed E-state index contributed by atoms with van der Waals surface area (Å²) in [5.74, 6) is 0. The van der Waals surface area contributed by atoms with Crippen LogP contribution in [0.25, 0.3) is 0 Å². The minimum absolute atomic E-state index is 1.14. The largest absolute Gasteiger partial charge is 0.353 e. The van der Waals surface area contributed by atoms with Crippen LogP contribution in [0.2, 0.25) is 0 Å². The Morgan fingerprint density at radius 1 is 1.31 bits per heavy atom. The first-order valence-electron chi connectivity index (χ1n) is 3.64. The lowest BCUT2D eigenvalue weighted by Crippen LogP contribution is -1.77. The third-order valence-electron chi connectivity index (χ3n) is 1.25. The molecule has 0 aliphatic rings. The molecule has 0 unspecified atom stereocenters. The summed E-state index contributed by atoms with van der Waals surface area (Å²) < 4.78 is 25.2. The SMILES string of the molecule is CCc1ccccc1.O=S(=O)(O)Cl. The zero-order valence-corrected chi connectivity index (χ0v) is 8.72. The van der Waals surface area contributed by atoms with Crippen LogP contribution >= 0.6 is 10.7 Å². The maximum atomic E-state index is 8.95. The van der Waals surface area contributed by atoms with E-state index in [4.69, 9.17) is 13.0 Å². The van der Waals surface area contributed by atoms with Crippen LogP contribution < -0.4 is 0 Å². The summed E-state index contributed by atoms with van der Waals surface area (Å²) in [5, 5.41) is 0. The normalized spacial score (nSPS) is 10.1. The first-order chi connectivity index (χ1) is 5.93. The average molecular weight is 223 g/mol. The molecule has 1 aromatic carbocycles. The molecule has 0 atom stereocenters. The van der Waals surface area contributed by atoms with Gasteiger partial charge in [0.15, 0.2) is 0 Å². The van der Waals surface area contributed by atoms with E-state index in [1.807, 2.05) is 6.07 Å². The van der Waals surface area contributed by atoms with E-state index in [1.54, 1.807) is 0 Å². The number of halogens is 1. The summed E-state index contributed by atoms with van der Waals surface area (Å²) in [4.78, 5) is 0.